The molecule has 2 heterocycles. The van der Waals surface area contributed by atoms with Gasteiger partial charge in [0.15, 0.2) is 0 Å². The fourth-order valence-corrected chi connectivity index (χ4v) is 3.21. The first-order chi connectivity index (χ1) is 9.11. The molecule has 0 aromatic carbocycles. The SMILES string of the molecule is CCOC(=O)C1CCCN(C(=O)c2ccc(Cl)s2)C1. The van der Waals surface area contributed by atoms with Crippen molar-refractivity contribution >= 4 is 34.8 Å². The molecule has 1 unspecified atom stereocenters. The quantitative estimate of drug-likeness (QED) is 0.807. The van der Waals surface area contributed by atoms with Gasteiger partial charge in [0.2, 0.25) is 0 Å². The number of rotatable bonds is 3. The highest BCUT2D eigenvalue weighted by Gasteiger charge is 2.30. The van der Waals surface area contributed by atoms with E-state index >= 15 is 0 Å². The molecule has 1 aromatic rings. The molecule has 1 fully saturated rings. The molecule has 104 valence electrons. The molecule has 19 heavy (non-hydrogen) atoms. The van der Waals surface area contributed by atoms with Crippen molar-refractivity contribution in [2.45, 2.75) is 19.8 Å². The largest absolute Gasteiger partial charge is 0.466 e. The Labute approximate surface area is 121 Å². The van der Waals surface area contributed by atoms with Crippen LogP contribution < -0.4 is 0 Å². The minimum absolute atomic E-state index is 0.0501. The summed E-state index contributed by atoms with van der Waals surface area (Å²) in [5.41, 5.74) is 0. The molecule has 0 spiro atoms. The van der Waals surface area contributed by atoms with E-state index in [0.29, 0.717) is 28.9 Å². The third-order valence-electron chi connectivity index (χ3n) is 3.11. The van der Waals surface area contributed by atoms with Gasteiger partial charge in [-0.3, -0.25) is 9.59 Å². The molecule has 1 amide bonds. The number of halogens is 1. The maximum atomic E-state index is 12.3. The summed E-state index contributed by atoms with van der Waals surface area (Å²) in [7, 11) is 0. The number of nitrogens with zero attached hydrogens (tertiary/aromatic N) is 1. The highest BCUT2D eigenvalue weighted by atomic mass is 35.5. The van der Waals surface area contributed by atoms with E-state index in [4.69, 9.17) is 16.3 Å². The van der Waals surface area contributed by atoms with Gasteiger partial charge in [0.1, 0.15) is 0 Å². The van der Waals surface area contributed by atoms with Gasteiger partial charge in [-0.05, 0) is 31.9 Å². The summed E-state index contributed by atoms with van der Waals surface area (Å²) in [5, 5.41) is 0. The molecule has 0 aliphatic carbocycles. The first kappa shape index (κ1) is 14.3. The Morgan fingerprint density at radius 1 is 1.53 bits per heavy atom. The summed E-state index contributed by atoms with van der Waals surface area (Å²) in [4.78, 5) is 26.3. The van der Waals surface area contributed by atoms with Crippen LogP contribution in [-0.4, -0.2) is 36.5 Å². The van der Waals surface area contributed by atoms with E-state index in [1.54, 1.807) is 24.0 Å². The van der Waals surface area contributed by atoms with Crippen LogP contribution in [0.3, 0.4) is 0 Å². The Kier molecular flexibility index (Phi) is 4.82. The van der Waals surface area contributed by atoms with Crippen LogP contribution in [0.15, 0.2) is 12.1 Å². The number of ether oxygens (including phenoxy) is 1. The Balaban J connectivity index is 2.01. The second-order valence-corrected chi connectivity index (χ2v) is 6.16. The number of likely N-dealkylation sites (tertiary alicyclic amines) is 1. The van der Waals surface area contributed by atoms with Crippen LogP contribution in [0.4, 0.5) is 0 Å². The lowest BCUT2D eigenvalue weighted by atomic mass is 9.98. The fraction of sp³-hybridized carbons (Fsp3) is 0.538. The summed E-state index contributed by atoms with van der Waals surface area (Å²) in [6, 6.07) is 3.44. The molecule has 0 N–H and O–H groups in total. The topological polar surface area (TPSA) is 46.6 Å². The minimum Gasteiger partial charge on any atom is -0.466 e. The third kappa shape index (κ3) is 3.48. The molecular formula is C13H16ClNO3S. The molecular weight excluding hydrogens is 286 g/mol. The third-order valence-corrected chi connectivity index (χ3v) is 4.33. The summed E-state index contributed by atoms with van der Waals surface area (Å²) in [6.07, 6.45) is 1.61. The molecule has 2 rings (SSSR count). The number of carbonyl (C=O) groups is 2. The lowest BCUT2D eigenvalue weighted by Gasteiger charge is -2.31. The average Bonchev–Trinajstić information content (AvgIpc) is 2.85. The highest BCUT2D eigenvalue weighted by Crippen LogP contribution is 2.25. The van der Waals surface area contributed by atoms with Gasteiger partial charge in [0.25, 0.3) is 5.91 Å². The molecule has 6 heteroatoms. The van der Waals surface area contributed by atoms with Gasteiger partial charge >= 0.3 is 5.97 Å². The van der Waals surface area contributed by atoms with Crippen molar-refractivity contribution in [3.8, 4) is 0 Å². The molecule has 1 saturated heterocycles. The summed E-state index contributed by atoms with van der Waals surface area (Å²) >= 11 is 7.10. The average molecular weight is 302 g/mol. The van der Waals surface area contributed by atoms with Crippen molar-refractivity contribution in [1.29, 1.82) is 0 Å². The zero-order chi connectivity index (χ0) is 13.8. The zero-order valence-electron chi connectivity index (χ0n) is 10.7. The maximum absolute atomic E-state index is 12.3. The molecule has 1 aromatic heterocycles. The number of piperidine rings is 1. The van der Waals surface area contributed by atoms with E-state index < -0.39 is 0 Å². The van der Waals surface area contributed by atoms with Gasteiger partial charge in [-0.15, -0.1) is 11.3 Å². The summed E-state index contributed by atoms with van der Waals surface area (Å²) in [5.74, 6) is -0.455. The summed E-state index contributed by atoms with van der Waals surface area (Å²) < 4.78 is 5.62. The number of amides is 1. The van der Waals surface area contributed by atoms with Crippen LogP contribution in [0.5, 0.6) is 0 Å². The number of thiophene rings is 1. The van der Waals surface area contributed by atoms with E-state index in [-0.39, 0.29) is 17.8 Å². The van der Waals surface area contributed by atoms with Crippen LogP contribution in [-0.2, 0) is 9.53 Å². The predicted molar refractivity (Wildman–Crippen MR) is 74.6 cm³/mol. The van der Waals surface area contributed by atoms with Crippen LogP contribution in [0.25, 0.3) is 0 Å². The van der Waals surface area contributed by atoms with E-state index in [1.165, 1.54) is 11.3 Å². The lowest BCUT2D eigenvalue weighted by Crippen LogP contribution is -2.42. The molecule has 1 atom stereocenters. The van der Waals surface area contributed by atoms with Gasteiger partial charge in [0.05, 0.1) is 21.7 Å². The highest BCUT2D eigenvalue weighted by molar-refractivity contribution is 7.17. The van der Waals surface area contributed by atoms with Crippen LogP contribution in [0, 0.1) is 5.92 Å². The normalized spacial score (nSPS) is 19.3. The monoisotopic (exact) mass is 301 g/mol. The lowest BCUT2D eigenvalue weighted by molar-refractivity contribution is -0.149. The Bertz CT molecular complexity index is 474. The molecule has 4 nitrogen and oxygen atoms in total. The van der Waals surface area contributed by atoms with E-state index in [0.717, 1.165) is 12.8 Å². The van der Waals surface area contributed by atoms with Crippen molar-refractivity contribution in [2.75, 3.05) is 19.7 Å². The first-order valence-corrected chi connectivity index (χ1v) is 7.52. The first-order valence-electron chi connectivity index (χ1n) is 6.33. The number of carbonyl (C=O) groups excluding carboxylic acids is 2. The molecule has 0 bridgehead atoms. The number of hydrogen-bond donors (Lipinski definition) is 0. The molecule has 0 saturated carbocycles. The standard InChI is InChI=1S/C13H16ClNO3S/c1-2-18-13(17)9-4-3-7-15(8-9)12(16)10-5-6-11(14)19-10/h5-6,9H,2-4,7-8H2,1H3. The van der Waals surface area contributed by atoms with Gasteiger partial charge in [-0.2, -0.15) is 0 Å². The number of hydrogen-bond acceptors (Lipinski definition) is 4. The van der Waals surface area contributed by atoms with Gasteiger partial charge in [-0.25, -0.2) is 0 Å². The van der Waals surface area contributed by atoms with Crippen LogP contribution in [0.1, 0.15) is 29.4 Å². The van der Waals surface area contributed by atoms with Crippen molar-refractivity contribution in [1.82, 2.24) is 4.90 Å². The zero-order valence-corrected chi connectivity index (χ0v) is 12.3. The van der Waals surface area contributed by atoms with Crippen LogP contribution in [0.2, 0.25) is 4.34 Å². The molecule has 1 aliphatic rings. The summed E-state index contributed by atoms with van der Waals surface area (Å²) in [6.45, 7) is 3.29. The van der Waals surface area contributed by atoms with Gasteiger partial charge in [0, 0.05) is 13.1 Å². The predicted octanol–water partition coefficient (Wildman–Crippen LogP) is 2.82. The van der Waals surface area contributed by atoms with Crippen molar-refractivity contribution in [2.24, 2.45) is 5.92 Å². The van der Waals surface area contributed by atoms with Gasteiger partial charge in [-0.1, -0.05) is 11.6 Å². The van der Waals surface area contributed by atoms with E-state index in [2.05, 4.69) is 0 Å². The van der Waals surface area contributed by atoms with E-state index in [9.17, 15) is 9.59 Å². The molecule has 1 aliphatic heterocycles. The van der Waals surface area contributed by atoms with Crippen molar-refractivity contribution < 1.29 is 14.3 Å². The van der Waals surface area contributed by atoms with Crippen molar-refractivity contribution in [3.05, 3.63) is 21.3 Å². The molecule has 0 radical (unpaired) electrons. The maximum Gasteiger partial charge on any atom is 0.310 e. The Hall–Kier alpha value is -1.07. The second kappa shape index (κ2) is 6.39. The number of esters is 1. The van der Waals surface area contributed by atoms with Crippen LogP contribution >= 0.6 is 22.9 Å². The van der Waals surface area contributed by atoms with E-state index in [1.807, 2.05) is 0 Å². The fourth-order valence-electron chi connectivity index (χ4n) is 2.20. The Morgan fingerprint density at radius 2 is 2.32 bits per heavy atom. The minimum atomic E-state index is -0.204. The Morgan fingerprint density at radius 3 is 2.95 bits per heavy atom. The smallest absolute Gasteiger partial charge is 0.310 e. The van der Waals surface area contributed by atoms with Crippen molar-refractivity contribution in [3.63, 3.8) is 0 Å². The second-order valence-electron chi connectivity index (χ2n) is 4.45. The van der Waals surface area contributed by atoms with Gasteiger partial charge < -0.3 is 9.64 Å².